The standard InChI is InChI=1S/C29H31N5O/c1-32-14-16-33(17-15-32)25-10-8-21(9-11-25)24-18-26-27(20-31-28(26)30-19-24)22-4-6-23(7-5-22)29(35)34-12-2-3-13-34/h4-11,18-20H,2-3,12-17H2,1H3,(H,30,31). The van der Waals surface area contributed by atoms with Gasteiger partial charge in [-0.25, -0.2) is 4.98 Å². The smallest absolute Gasteiger partial charge is 0.253 e. The van der Waals surface area contributed by atoms with Crippen LogP contribution in [0, 0.1) is 0 Å². The second-order valence-corrected chi connectivity index (χ2v) is 9.74. The lowest BCUT2D eigenvalue weighted by molar-refractivity contribution is 0.0793. The van der Waals surface area contributed by atoms with Crippen molar-refractivity contribution in [3.63, 3.8) is 0 Å². The molecule has 4 aromatic rings. The van der Waals surface area contributed by atoms with Gasteiger partial charge in [-0.1, -0.05) is 24.3 Å². The van der Waals surface area contributed by atoms with Crippen molar-refractivity contribution in [3.05, 3.63) is 72.6 Å². The lowest BCUT2D eigenvalue weighted by Gasteiger charge is -2.34. The lowest BCUT2D eigenvalue weighted by atomic mass is 10.0. The van der Waals surface area contributed by atoms with Crippen molar-refractivity contribution in [2.75, 3.05) is 51.2 Å². The number of hydrogen-bond acceptors (Lipinski definition) is 4. The third-order valence-electron chi connectivity index (χ3n) is 7.44. The number of hydrogen-bond donors (Lipinski definition) is 1. The van der Waals surface area contributed by atoms with Crippen molar-refractivity contribution < 1.29 is 4.79 Å². The number of carbonyl (C=O) groups is 1. The van der Waals surface area contributed by atoms with E-state index in [2.05, 4.69) is 52.2 Å². The van der Waals surface area contributed by atoms with Crippen molar-refractivity contribution in [2.45, 2.75) is 12.8 Å². The molecule has 0 bridgehead atoms. The number of carbonyl (C=O) groups excluding carboxylic acids is 1. The third-order valence-corrected chi connectivity index (χ3v) is 7.44. The summed E-state index contributed by atoms with van der Waals surface area (Å²) < 4.78 is 0. The molecule has 2 saturated heterocycles. The van der Waals surface area contributed by atoms with Crippen LogP contribution in [-0.4, -0.2) is 72.0 Å². The summed E-state index contributed by atoms with van der Waals surface area (Å²) in [6, 6.07) is 19.0. The Kier molecular flexibility index (Phi) is 5.74. The van der Waals surface area contributed by atoms with E-state index < -0.39 is 0 Å². The van der Waals surface area contributed by atoms with Crippen LogP contribution in [0.3, 0.4) is 0 Å². The minimum atomic E-state index is 0.136. The Bertz CT molecular complexity index is 1330. The summed E-state index contributed by atoms with van der Waals surface area (Å²) in [6.45, 7) is 6.08. The first-order valence-electron chi connectivity index (χ1n) is 12.6. The van der Waals surface area contributed by atoms with Crippen LogP contribution in [-0.2, 0) is 0 Å². The molecule has 0 saturated carbocycles. The number of likely N-dealkylation sites (N-methyl/N-ethyl adjacent to an activating group) is 1. The number of aromatic amines is 1. The first-order valence-corrected chi connectivity index (χ1v) is 12.6. The number of H-pyrrole nitrogens is 1. The van der Waals surface area contributed by atoms with E-state index >= 15 is 0 Å². The average Bonchev–Trinajstić information content (AvgIpc) is 3.59. The van der Waals surface area contributed by atoms with E-state index in [-0.39, 0.29) is 5.91 Å². The summed E-state index contributed by atoms with van der Waals surface area (Å²) >= 11 is 0. The van der Waals surface area contributed by atoms with Crippen LogP contribution in [0.5, 0.6) is 0 Å². The van der Waals surface area contributed by atoms with E-state index in [1.165, 1.54) is 5.69 Å². The summed E-state index contributed by atoms with van der Waals surface area (Å²) in [5, 5.41) is 1.09. The number of pyridine rings is 1. The number of nitrogens with zero attached hydrogens (tertiary/aromatic N) is 4. The van der Waals surface area contributed by atoms with Gasteiger partial charge in [-0.2, -0.15) is 0 Å². The SMILES string of the molecule is CN1CCN(c2ccc(-c3cnc4[nH]cc(-c5ccc(C(=O)N6CCCC6)cc5)c4c3)cc2)CC1. The Labute approximate surface area is 206 Å². The third kappa shape index (κ3) is 4.30. The molecule has 0 spiro atoms. The van der Waals surface area contributed by atoms with E-state index in [4.69, 9.17) is 4.98 Å². The zero-order valence-corrected chi connectivity index (χ0v) is 20.2. The van der Waals surface area contributed by atoms with Gasteiger partial charge in [0.25, 0.3) is 5.91 Å². The zero-order valence-electron chi connectivity index (χ0n) is 20.2. The predicted octanol–water partition coefficient (Wildman–Crippen LogP) is 4.88. The number of piperazine rings is 1. The second-order valence-electron chi connectivity index (χ2n) is 9.74. The van der Waals surface area contributed by atoms with Crippen LogP contribution in [0.25, 0.3) is 33.3 Å². The molecular weight excluding hydrogens is 434 g/mol. The zero-order chi connectivity index (χ0) is 23.8. The molecule has 2 aliphatic heterocycles. The van der Waals surface area contributed by atoms with Gasteiger partial charge in [0.1, 0.15) is 5.65 Å². The average molecular weight is 466 g/mol. The van der Waals surface area contributed by atoms with E-state index in [0.717, 1.165) is 91.0 Å². The molecule has 0 radical (unpaired) electrons. The topological polar surface area (TPSA) is 55.5 Å². The summed E-state index contributed by atoms with van der Waals surface area (Å²) in [5.41, 5.74) is 7.36. The molecule has 1 amide bonds. The fourth-order valence-corrected chi connectivity index (χ4v) is 5.22. The molecule has 2 aliphatic rings. The van der Waals surface area contributed by atoms with Gasteiger partial charge in [-0.3, -0.25) is 4.79 Å². The molecule has 35 heavy (non-hydrogen) atoms. The maximum absolute atomic E-state index is 12.7. The number of fused-ring (bicyclic) bond motifs is 1. The second kappa shape index (κ2) is 9.19. The van der Waals surface area contributed by atoms with Gasteiger partial charge < -0.3 is 19.7 Å². The van der Waals surface area contributed by atoms with Crippen LogP contribution < -0.4 is 4.90 Å². The highest BCUT2D eigenvalue weighted by atomic mass is 16.2. The molecule has 2 aromatic heterocycles. The number of anilines is 1. The van der Waals surface area contributed by atoms with Crippen LogP contribution in [0.2, 0.25) is 0 Å². The number of benzene rings is 2. The highest BCUT2D eigenvalue weighted by Crippen LogP contribution is 2.32. The van der Waals surface area contributed by atoms with Crippen molar-refractivity contribution in [1.82, 2.24) is 19.8 Å². The van der Waals surface area contributed by atoms with Crippen LogP contribution in [0.1, 0.15) is 23.2 Å². The molecule has 2 fully saturated rings. The predicted molar refractivity (Wildman–Crippen MR) is 142 cm³/mol. The molecule has 1 N–H and O–H groups in total. The number of aromatic nitrogens is 2. The monoisotopic (exact) mass is 465 g/mol. The molecule has 0 aliphatic carbocycles. The van der Waals surface area contributed by atoms with Gasteiger partial charge in [0.05, 0.1) is 0 Å². The number of amides is 1. The Morgan fingerprint density at radius 2 is 1.51 bits per heavy atom. The Balaban J connectivity index is 1.25. The Morgan fingerprint density at radius 1 is 0.829 bits per heavy atom. The van der Waals surface area contributed by atoms with Gasteiger partial charge >= 0.3 is 0 Å². The fourth-order valence-electron chi connectivity index (χ4n) is 5.22. The van der Waals surface area contributed by atoms with Crippen molar-refractivity contribution >= 4 is 22.6 Å². The van der Waals surface area contributed by atoms with Crippen LogP contribution in [0.4, 0.5) is 5.69 Å². The van der Waals surface area contributed by atoms with E-state index in [9.17, 15) is 4.79 Å². The van der Waals surface area contributed by atoms with Gasteiger partial charge in [0, 0.05) is 79.4 Å². The van der Waals surface area contributed by atoms with E-state index in [0.29, 0.717) is 0 Å². The fraction of sp³-hybridized carbons (Fsp3) is 0.310. The summed E-state index contributed by atoms with van der Waals surface area (Å²) in [6.07, 6.45) is 6.15. The Morgan fingerprint density at radius 3 is 2.23 bits per heavy atom. The van der Waals surface area contributed by atoms with Gasteiger partial charge in [0.15, 0.2) is 0 Å². The van der Waals surface area contributed by atoms with Gasteiger partial charge in [0.2, 0.25) is 0 Å². The van der Waals surface area contributed by atoms with Crippen molar-refractivity contribution in [2.24, 2.45) is 0 Å². The molecule has 6 heteroatoms. The Hall–Kier alpha value is -3.64. The molecule has 0 atom stereocenters. The minimum absolute atomic E-state index is 0.136. The van der Waals surface area contributed by atoms with E-state index in [1.807, 2.05) is 41.6 Å². The summed E-state index contributed by atoms with van der Waals surface area (Å²) in [4.78, 5) is 27.5. The molecule has 2 aromatic carbocycles. The molecule has 6 nitrogen and oxygen atoms in total. The maximum Gasteiger partial charge on any atom is 0.253 e. The number of likely N-dealkylation sites (tertiary alicyclic amines) is 1. The molecule has 4 heterocycles. The first kappa shape index (κ1) is 21.9. The molecular formula is C29H31N5O. The van der Waals surface area contributed by atoms with Crippen molar-refractivity contribution in [1.29, 1.82) is 0 Å². The number of rotatable bonds is 4. The minimum Gasteiger partial charge on any atom is -0.369 e. The van der Waals surface area contributed by atoms with Crippen LogP contribution >= 0.6 is 0 Å². The molecule has 178 valence electrons. The van der Waals surface area contributed by atoms with Gasteiger partial charge in [-0.15, -0.1) is 0 Å². The molecule has 6 rings (SSSR count). The maximum atomic E-state index is 12.7. The van der Waals surface area contributed by atoms with Crippen LogP contribution in [0.15, 0.2) is 67.0 Å². The normalized spacial score (nSPS) is 16.8. The highest BCUT2D eigenvalue weighted by Gasteiger charge is 2.20. The largest absolute Gasteiger partial charge is 0.369 e. The summed E-state index contributed by atoms with van der Waals surface area (Å²) in [7, 11) is 2.18. The number of nitrogens with one attached hydrogen (secondary N) is 1. The van der Waals surface area contributed by atoms with E-state index in [1.54, 1.807) is 0 Å². The summed E-state index contributed by atoms with van der Waals surface area (Å²) in [5.74, 6) is 0.136. The molecule has 0 unspecified atom stereocenters. The van der Waals surface area contributed by atoms with Gasteiger partial charge in [-0.05, 0) is 61.3 Å². The highest BCUT2D eigenvalue weighted by molar-refractivity contribution is 5.98. The van der Waals surface area contributed by atoms with Crippen molar-refractivity contribution in [3.8, 4) is 22.3 Å². The lowest BCUT2D eigenvalue weighted by Crippen LogP contribution is -2.44. The first-order chi connectivity index (χ1) is 17.2. The quantitative estimate of drug-likeness (QED) is 0.467.